The van der Waals surface area contributed by atoms with Gasteiger partial charge in [0.25, 0.3) is 15.9 Å². The highest BCUT2D eigenvalue weighted by Crippen LogP contribution is 2.33. The van der Waals surface area contributed by atoms with Gasteiger partial charge in [-0.25, -0.2) is 13.8 Å². The molecule has 0 atom stereocenters. The second kappa shape index (κ2) is 11.0. The Balaban J connectivity index is 1.63. The van der Waals surface area contributed by atoms with Gasteiger partial charge in [-0.3, -0.25) is 9.10 Å². The van der Waals surface area contributed by atoms with Gasteiger partial charge in [-0.1, -0.05) is 48.5 Å². The zero-order valence-corrected chi connectivity index (χ0v) is 21.0. The number of sulfonamides is 1. The van der Waals surface area contributed by atoms with Crippen molar-refractivity contribution in [2.45, 2.75) is 4.90 Å². The standard InChI is InChI=1S/C27H25N3O6S/c1-35-25-15-13-20(16-26(25)36-2)30(37(33,34)21-9-4-3-5-10-21)18-27(32)29-28-17-23-22-11-7-6-8-19(22)12-14-24(23)31/h3-17,31H,18H2,1-2H3,(H,29,32)/b28-17-. The summed E-state index contributed by atoms with van der Waals surface area (Å²) in [5, 5.41) is 15.9. The summed E-state index contributed by atoms with van der Waals surface area (Å²) in [6, 6.07) is 23.1. The number of nitrogens with one attached hydrogen (secondary N) is 1. The van der Waals surface area contributed by atoms with Crippen molar-refractivity contribution in [2.75, 3.05) is 25.1 Å². The normalized spacial score (nSPS) is 11.4. The quantitative estimate of drug-likeness (QED) is 0.256. The van der Waals surface area contributed by atoms with E-state index in [0.29, 0.717) is 17.1 Å². The number of hydrogen-bond donors (Lipinski definition) is 2. The van der Waals surface area contributed by atoms with E-state index in [0.717, 1.165) is 15.1 Å². The van der Waals surface area contributed by atoms with Crippen molar-refractivity contribution in [3.63, 3.8) is 0 Å². The molecule has 190 valence electrons. The minimum absolute atomic E-state index is 0.00434. The molecule has 0 aliphatic carbocycles. The molecule has 0 radical (unpaired) electrons. The molecule has 0 bridgehead atoms. The van der Waals surface area contributed by atoms with Crippen molar-refractivity contribution >= 4 is 38.6 Å². The number of hydrogen-bond acceptors (Lipinski definition) is 7. The van der Waals surface area contributed by atoms with E-state index in [4.69, 9.17) is 9.47 Å². The number of nitrogens with zero attached hydrogens (tertiary/aromatic N) is 2. The first kappa shape index (κ1) is 25.5. The van der Waals surface area contributed by atoms with Crippen LogP contribution < -0.4 is 19.2 Å². The Kier molecular flexibility index (Phi) is 7.59. The summed E-state index contributed by atoms with van der Waals surface area (Å²) in [5.41, 5.74) is 2.98. The first-order valence-electron chi connectivity index (χ1n) is 11.2. The van der Waals surface area contributed by atoms with Crippen molar-refractivity contribution < 1.29 is 27.8 Å². The zero-order chi connectivity index (χ0) is 26.4. The number of rotatable bonds is 9. The number of carbonyl (C=O) groups is 1. The fourth-order valence-corrected chi connectivity index (χ4v) is 5.20. The number of methoxy groups -OCH3 is 2. The van der Waals surface area contributed by atoms with E-state index in [1.807, 2.05) is 24.3 Å². The van der Waals surface area contributed by atoms with Gasteiger partial charge in [-0.15, -0.1) is 0 Å². The molecule has 37 heavy (non-hydrogen) atoms. The van der Waals surface area contributed by atoms with Crippen LogP contribution in [-0.4, -0.2) is 46.4 Å². The molecule has 4 aromatic rings. The van der Waals surface area contributed by atoms with Crippen LogP contribution in [0.3, 0.4) is 0 Å². The summed E-state index contributed by atoms with van der Waals surface area (Å²) >= 11 is 0. The van der Waals surface area contributed by atoms with Crippen LogP contribution in [-0.2, 0) is 14.8 Å². The largest absolute Gasteiger partial charge is 0.507 e. The number of phenols is 1. The molecular formula is C27H25N3O6S. The van der Waals surface area contributed by atoms with Crippen molar-refractivity contribution in [1.29, 1.82) is 0 Å². The molecule has 0 unspecified atom stereocenters. The van der Waals surface area contributed by atoms with Crippen LogP contribution in [0.5, 0.6) is 17.2 Å². The van der Waals surface area contributed by atoms with Crippen LogP contribution >= 0.6 is 0 Å². The number of carbonyl (C=O) groups excluding carboxylic acids is 1. The number of fused-ring (bicyclic) bond motifs is 1. The summed E-state index contributed by atoms with van der Waals surface area (Å²) in [7, 11) is -1.22. The van der Waals surface area contributed by atoms with Crippen molar-refractivity contribution in [3.05, 3.63) is 90.5 Å². The van der Waals surface area contributed by atoms with E-state index in [-0.39, 0.29) is 16.3 Å². The SMILES string of the molecule is COc1ccc(N(CC(=O)N/N=C\c2c(O)ccc3ccccc23)S(=O)(=O)c2ccccc2)cc1OC. The predicted molar refractivity (Wildman–Crippen MR) is 142 cm³/mol. The molecular weight excluding hydrogens is 494 g/mol. The van der Waals surface area contributed by atoms with Gasteiger partial charge >= 0.3 is 0 Å². The van der Waals surface area contributed by atoms with Gasteiger partial charge in [0.2, 0.25) is 0 Å². The first-order valence-corrected chi connectivity index (χ1v) is 12.6. The maximum atomic E-state index is 13.5. The monoisotopic (exact) mass is 519 g/mol. The Hall–Kier alpha value is -4.57. The summed E-state index contributed by atoms with van der Waals surface area (Å²) in [6.45, 7) is -0.564. The lowest BCUT2D eigenvalue weighted by molar-refractivity contribution is -0.119. The van der Waals surface area contributed by atoms with Crippen LogP contribution in [0.25, 0.3) is 10.8 Å². The van der Waals surface area contributed by atoms with Gasteiger partial charge in [-0.05, 0) is 41.1 Å². The Morgan fingerprint density at radius 2 is 1.65 bits per heavy atom. The molecule has 0 heterocycles. The molecule has 0 saturated heterocycles. The second-order valence-electron chi connectivity index (χ2n) is 7.88. The average molecular weight is 520 g/mol. The lowest BCUT2D eigenvalue weighted by Gasteiger charge is -2.24. The average Bonchev–Trinajstić information content (AvgIpc) is 2.93. The third-order valence-electron chi connectivity index (χ3n) is 5.60. The van der Waals surface area contributed by atoms with Crippen LogP contribution in [0.4, 0.5) is 5.69 Å². The van der Waals surface area contributed by atoms with Crippen LogP contribution in [0.15, 0.2) is 94.9 Å². The maximum Gasteiger partial charge on any atom is 0.264 e. The second-order valence-corrected chi connectivity index (χ2v) is 9.74. The molecule has 4 rings (SSSR count). The van der Waals surface area contributed by atoms with Crippen molar-refractivity contribution in [2.24, 2.45) is 5.10 Å². The van der Waals surface area contributed by atoms with Gasteiger partial charge in [0.05, 0.1) is 31.0 Å². The molecule has 0 saturated carbocycles. The number of amides is 1. The van der Waals surface area contributed by atoms with Crippen LogP contribution in [0.1, 0.15) is 5.56 Å². The molecule has 2 N–H and O–H groups in total. The minimum atomic E-state index is -4.12. The molecule has 0 aromatic heterocycles. The zero-order valence-electron chi connectivity index (χ0n) is 20.2. The van der Waals surface area contributed by atoms with Crippen molar-refractivity contribution in [3.8, 4) is 17.2 Å². The molecule has 0 spiro atoms. The molecule has 0 aliphatic rings. The van der Waals surface area contributed by atoms with Gasteiger partial charge < -0.3 is 14.6 Å². The molecule has 1 amide bonds. The summed E-state index contributed by atoms with van der Waals surface area (Å²) in [4.78, 5) is 12.9. The van der Waals surface area contributed by atoms with E-state index in [1.165, 1.54) is 50.8 Å². The number of benzene rings is 4. The third kappa shape index (κ3) is 5.49. The van der Waals surface area contributed by atoms with Gasteiger partial charge in [0.1, 0.15) is 12.3 Å². The lowest BCUT2D eigenvalue weighted by Crippen LogP contribution is -2.39. The number of phenolic OH excluding ortho intramolecular Hbond substituents is 1. The van der Waals surface area contributed by atoms with Crippen molar-refractivity contribution in [1.82, 2.24) is 5.43 Å². The van der Waals surface area contributed by atoms with Crippen LogP contribution in [0.2, 0.25) is 0 Å². The summed E-state index contributed by atoms with van der Waals surface area (Å²) in [6.07, 6.45) is 1.32. The Morgan fingerprint density at radius 1 is 0.946 bits per heavy atom. The van der Waals surface area contributed by atoms with Crippen LogP contribution in [0, 0.1) is 0 Å². The summed E-state index contributed by atoms with van der Waals surface area (Å²) in [5.74, 6) is 0.0194. The van der Waals surface area contributed by atoms with E-state index in [2.05, 4.69) is 10.5 Å². The Morgan fingerprint density at radius 3 is 2.38 bits per heavy atom. The first-order chi connectivity index (χ1) is 17.8. The topological polar surface area (TPSA) is 118 Å². The fourth-order valence-electron chi connectivity index (χ4n) is 3.77. The summed E-state index contributed by atoms with van der Waals surface area (Å²) < 4.78 is 38.5. The van der Waals surface area contributed by atoms with E-state index in [1.54, 1.807) is 30.3 Å². The minimum Gasteiger partial charge on any atom is -0.507 e. The molecule has 0 aliphatic heterocycles. The van der Waals surface area contributed by atoms with Gasteiger partial charge in [0, 0.05) is 11.6 Å². The van der Waals surface area contributed by atoms with Gasteiger partial charge in [-0.2, -0.15) is 5.10 Å². The molecule has 10 heteroatoms. The van der Waals surface area contributed by atoms with Gasteiger partial charge in [0.15, 0.2) is 11.5 Å². The highest BCUT2D eigenvalue weighted by molar-refractivity contribution is 7.92. The number of ether oxygens (including phenoxy) is 2. The maximum absolute atomic E-state index is 13.5. The van der Waals surface area contributed by atoms with E-state index in [9.17, 15) is 18.3 Å². The molecule has 9 nitrogen and oxygen atoms in total. The highest BCUT2D eigenvalue weighted by atomic mass is 32.2. The number of hydrazone groups is 1. The lowest BCUT2D eigenvalue weighted by atomic mass is 10.0. The molecule has 4 aromatic carbocycles. The third-order valence-corrected chi connectivity index (χ3v) is 7.39. The Bertz CT molecular complexity index is 1560. The number of anilines is 1. The number of aromatic hydroxyl groups is 1. The highest BCUT2D eigenvalue weighted by Gasteiger charge is 2.28. The smallest absolute Gasteiger partial charge is 0.264 e. The fraction of sp³-hybridized carbons (Fsp3) is 0.111. The Labute approximate surface area is 214 Å². The molecule has 0 fully saturated rings. The van der Waals surface area contributed by atoms with E-state index < -0.39 is 22.5 Å². The van der Waals surface area contributed by atoms with E-state index >= 15 is 0 Å². The predicted octanol–water partition coefficient (Wildman–Crippen LogP) is 3.91.